The van der Waals surface area contributed by atoms with Crippen LogP contribution in [0, 0.1) is 0 Å². The van der Waals surface area contributed by atoms with E-state index in [0.29, 0.717) is 17.2 Å². The van der Waals surface area contributed by atoms with Crippen molar-refractivity contribution in [2.45, 2.75) is 37.4 Å². The lowest BCUT2D eigenvalue weighted by molar-refractivity contribution is 0.0999. The SMILES string of the molecule is Clc1cc(-c2ccccc2)nc(C2CC3CCC2O3)n1. The van der Waals surface area contributed by atoms with Gasteiger partial charge in [-0.05, 0) is 19.3 Å². The van der Waals surface area contributed by atoms with Crippen molar-refractivity contribution in [3.05, 3.63) is 47.4 Å². The van der Waals surface area contributed by atoms with Crippen molar-refractivity contribution in [1.29, 1.82) is 0 Å². The molecule has 2 fully saturated rings. The minimum atomic E-state index is 0.280. The van der Waals surface area contributed by atoms with E-state index in [4.69, 9.17) is 21.3 Å². The van der Waals surface area contributed by atoms with Gasteiger partial charge in [0, 0.05) is 17.5 Å². The summed E-state index contributed by atoms with van der Waals surface area (Å²) in [4.78, 5) is 9.16. The van der Waals surface area contributed by atoms with Gasteiger partial charge in [-0.2, -0.15) is 0 Å². The van der Waals surface area contributed by atoms with Gasteiger partial charge in [-0.15, -0.1) is 0 Å². The number of aromatic nitrogens is 2. The first-order chi connectivity index (χ1) is 9.79. The minimum Gasteiger partial charge on any atom is -0.374 e. The molecule has 1 aromatic carbocycles. The van der Waals surface area contributed by atoms with E-state index < -0.39 is 0 Å². The fraction of sp³-hybridized carbons (Fsp3) is 0.375. The Morgan fingerprint density at radius 2 is 1.95 bits per heavy atom. The van der Waals surface area contributed by atoms with E-state index >= 15 is 0 Å². The molecule has 3 nitrogen and oxygen atoms in total. The fourth-order valence-corrected chi connectivity index (χ4v) is 3.46. The lowest BCUT2D eigenvalue weighted by atomic mass is 9.88. The molecule has 2 aromatic rings. The molecule has 0 spiro atoms. The molecule has 0 N–H and O–H groups in total. The number of nitrogens with zero attached hydrogens (tertiary/aromatic N) is 2. The van der Waals surface area contributed by atoms with E-state index in [1.54, 1.807) is 0 Å². The first kappa shape index (κ1) is 12.3. The van der Waals surface area contributed by atoms with Crippen molar-refractivity contribution in [2.24, 2.45) is 0 Å². The zero-order valence-electron chi connectivity index (χ0n) is 11.0. The number of hydrogen-bond acceptors (Lipinski definition) is 3. The maximum atomic E-state index is 6.19. The van der Waals surface area contributed by atoms with Crippen LogP contribution in [-0.2, 0) is 4.74 Å². The van der Waals surface area contributed by atoms with Crippen LogP contribution < -0.4 is 0 Å². The molecule has 102 valence electrons. The monoisotopic (exact) mass is 286 g/mol. The molecule has 3 atom stereocenters. The van der Waals surface area contributed by atoms with E-state index in [0.717, 1.165) is 29.9 Å². The molecule has 3 heterocycles. The van der Waals surface area contributed by atoms with Gasteiger partial charge in [-0.25, -0.2) is 9.97 Å². The first-order valence-electron chi connectivity index (χ1n) is 7.05. The van der Waals surface area contributed by atoms with Crippen molar-refractivity contribution in [1.82, 2.24) is 9.97 Å². The van der Waals surface area contributed by atoms with Crippen LogP contribution in [0.5, 0.6) is 0 Å². The van der Waals surface area contributed by atoms with Gasteiger partial charge in [0.25, 0.3) is 0 Å². The Hall–Kier alpha value is -1.45. The molecule has 0 aliphatic carbocycles. The van der Waals surface area contributed by atoms with Crippen molar-refractivity contribution < 1.29 is 4.74 Å². The van der Waals surface area contributed by atoms with Crippen molar-refractivity contribution >= 4 is 11.6 Å². The molecule has 20 heavy (non-hydrogen) atoms. The molecule has 3 unspecified atom stereocenters. The van der Waals surface area contributed by atoms with Crippen LogP contribution >= 0.6 is 11.6 Å². The number of rotatable bonds is 2. The second-order valence-corrected chi connectivity index (χ2v) is 5.90. The lowest BCUT2D eigenvalue weighted by Crippen LogP contribution is -2.17. The predicted molar refractivity (Wildman–Crippen MR) is 77.7 cm³/mol. The topological polar surface area (TPSA) is 35.0 Å². The van der Waals surface area contributed by atoms with Gasteiger partial charge in [0.05, 0.1) is 17.9 Å². The molecule has 2 aliphatic rings. The second-order valence-electron chi connectivity index (χ2n) is 5.52. The zero-order valence-corrected chi connectivity index (χ0v) is 11.8. The van der Waals surface area contributed by atoms with E-state index in [-0.39, 0.29) is 6.10 Å². The van der Waals surface area contributed by atoms with Gasteiger partial charge in [0.15, 0.2) is 0 Å². The van der Waals surface area contributed by atoms with E-state index in [1.165, 1.54) is 6.42 Å². The van der Waals surface area contributed by atoms with E-state index in [9.17, 15) is 0 Å². The molecule has 2 bridgehead atoms. The van der Waals surface area contributed by atoms with Crippen LogP contribution in [0.4, 0.5) is 0 Å². The molecule has 4 heteroatoms. The highest BCUT2D eigenvalue weighted by atomic mass is 35.5. The van der Waals surface area contributed by atoms with Crippen LogP contribution in [0.25, 0.3) is 11.3 Å². The Morgan fingerprint density at radius 3 is 2.65 bits per heavy atom. The fourth-order valence-electron chi connectivity index (χ4n) is 3.27. The van der Waals surface area contributed by atoms with E-state index in [2.05, 4.69) is 4.98 Å². The number of fused-ring (bicyclic) bond motifs is 2. The van der Waals surface area contributed by atoms with Crippen LogP contribution in [-0.4, -0.2) is 22.2 Å². The molecule has 0 saturated carbocycles. The second kappa shape index (κ2) is 4.83. The van der Waals surface area contributed by atoms with Gasteiger partial charge in [0.2, 0.25) is 0 Å². The Labute approximate surface area is 123 Å². The highest BCUT2D eigenvalue weighted by molar-refractivity contribution is 6.29. The Morgan fingerprint density at radius 1 is 1.10 bits per heavy atom. The number of ether oxygens (including phenoxy) is 1. The van der Waals surface area contributed by atoms with Gasteiger partial charge in [-0.1, -0.05) is 41.9 Å². The summed E-state index contributed by atoms with van der Waals surface area (Å²) < 4.78 is 5.90. The average molecular weight is 287 g/mol. The molecular formula is C16H15ClN2O. The summed E-state index contributed by atoms with van der Waals surface area (Å²) >= 11 is 6.19. The summed E-state index contributed by atoms with van der Waals surface area (Å²) in [5.74, 6) is 1.14. The van der Waals surface area contributed by atoms with Crippen LogP contribution in [0.15, 0.2) is 36.4 Å². The summed E-state index contributed by atoms with van der Waals surface area (Å²) in [6.45, 7) is 0. The average Bonchev–Trinajstić information content (AvgIpc) is 3.10. The predicted octanol–water partition coefficient (Wildman–Crippen LogP) is 3.83. The summed E-state index contributed by atoms with van der Waals surface area (Å²) in [7, 11) is 0. The quantitative estimate of drug-likeness (QED) is 0.787. The maximum Gasteiger partial charge on any atom is 0.136 e. The molecule has 0 radical (unpaired) electrons. The van der Waals surface area contributed by atoms with Crippen LogP contribution in [0.2, 0.25) is 5.15 Å². The normalized spacial score (nSPS) is 27.9. The van der Waals surface area contributed by atoms with Gasteiger partial charge in [-0.3, -0.25) is 0 Å². The highest BCUT2D eigenvalue weighted by Gasteiger charge is 2.43. The van der Waals surface area contributed by atoms with Crippen molar-refractivity contribution in [3.8, 4) is 11.3 Å². The molecule has 2 aliphatic heterocycles. The first-order valence-corrected chi connectivity index (χ1v) is 7.43. The summed E-state index contributed by atoms with van der Waals surface area (Å²) in [5.41, 5.74) is 1.96. The summed E-state index contributed by atoms with van der Waals surface area (Å²) in [6.07, 6.45) is 3.99. The third kappa shape index (κ3) is 2.11. The molecule has 1 aromatic heterocycles. The highest BCUT2D eigenvalue weighted by Crippen LogP contribution is 2.43. The number of halogens is 1. The molecule has 4 rings (SSSR count). The number of hydrogen-bond donors (Lipinski definition) is 0. The largest absolute Gasteiger partial charge is 0.374 e. The van der Waals surface area contributed by atoms with Crippen LogP contribution in [0.1, 0.15) is 31.0 Å². The summed E-state index contributed by atoms with van der Waals surface area (Å²) in [6, 6.07) is 11.9. The zero-order chi connectivity index (χ0) is 13.5. The van der Waals surface area contributed by atoms with Gasteiger partial charge in [0.1, 0.15) is 11.0 Å². The Balaban J connectivity index is 1.73. The van der Waals surface area contributed by atoms with Gasteiger partial charge >= 0.3 is 0 Å². The number of benzene rings is 1. The minimum absolute atomic E-state index is 0.280. The third-order valence-corrected chi connectivity index (χ3v) is 4.41. The molecular weight excluding hydrogens is 272 g/mol. The molecule has 0 amide bonds. The standard InChI is InChI=1S/C16H15ClN2O/c17-15-9-13(10-4-2-1-3-5-10)18-16(19-15)12-8-11-6-7-14(12)20-11/h1-5,9,11-12,14H,6-8H2. The maximum absolute atomic E-state index is 6.19. The van der Waals surface area contributed by atoms with Crippen molar-refractivity contribution in [3.63, 3.8) is 0 Å². The summed E-state index contributed by atoms with van der Waals surface area (Å²) in [5, 5.41) is 0.511. The Bertz CT molecular complexity index is 632. The van der Waals surface area contributed by atoms with Crippen molar-refractivity contribution in [2.75, 3.05) is 0 Å². The smallest absolute Gasteiger partial charge is 0.136 e. The van der Waals surface area contributed by atoms with Crippen LogP contribution in [0.3, 0.4) is 0 Å². The lowest BCUT2D eigenvalue weighted by Gasteiger charge is -2.17. The molecule has 2 saturated heterocycles. The Kier molecular flexibility index (Phi) is 2.97. The third-order valence-electron chi connectivity index (χ3n) is 4.22. The van der Waals surface area contributed by atoms with E-state index in [1.807, 2.05) is 36.4 Å². The van der Waals surface area contributed by atoms with Gasteiger partial charge < -0.3 is 4.74 Å².